The monoisotopic (exact) mass is 633 g/mol. The van der Waals surface area contributed by atoms with E-state index in [-0.39, 0.29) is 16.7 Å². The van der Waals surface area contributed by atoms with Gasteiger partial charge in [-0.15, -0.1) is 0 Å². The highest BCUT2D eigenvalue weighted by Crippen LogP contribution is 2.55. The highest BCUT2D eigenvalue weighted by molar-refractivity contribution is 6.38. The summed E-state index contributed by atoms with van der Waals surface area (Å²) in [6.45, 7) is 2.74. The summed E-state index contributed by atoms with van der Waals surface area (Å²) in [6, 6.07) is 7.38. The van der Waals surface area contributed by atoms with Crippen molar-refractivity contribution in [2.24, 2.45) is 5.41 Å². The van der Waals surface area contributed by atoms with Gasteiger partial charge in [0.1, 0.15) is 17.2 Å². The Labute approximate surface area is 265 Å². The van der Waals surface area contributed by atoms with Crippen LogP contribution in [0.25, 0.3) is 28.2 Å². The second-order valence-corrected chi connectivity index (χ2v) is 13.1. The zero-order chi connectivity index (χ0) is 30.5. The Kier molecular flexibility index (Phi) is 7.63. The lowest BCUT2D eigenvalue weighted by Gasteiger charge is -2.52. The van der Waals surface area contributed by atoms with Gasteiger partial charge in [0.2, 0.25) is 0 Å². The largest absolute Gasteiger partial charge is 0.493 e. The quantitative estimate of drug-likeness (QED) is 0.184. The van der Waals surface area contributed by atoms with Crippen LogP contribution < -0.4 is 4.74 Å². The number of benzene rings is 1. The summed E-state index contributed by atoms with van der Waals surface area (Å²) in [5.41, 5.74) is 3.84. The Hall–Kier alpha value is -3.46. The number of fused-ring (bicyclic) bond motifs is 4. The molecule has 4 saturated carbocycles. The van der Waals surface area contributed by atoms with Crippen LogP contribution in [0.4, 0.5) is 0 Å². The fourth-order valence-corrected chi connectivity index (χ4v) is 7.35. The van der Waals surface area contributed by atoms with Crippen molar-refractivity contribution in [3.8, 4) is 17.0 Å². The molecule has 0 aliphatic heterocycles. The zero-order valence-electron chi connectivity index (χ0n) is 24.4. The normalized spacial score (nSPS) is 23.1. The molecule has 1 N–H and O–H groups in total. The van der Waals surface area contributed by atoms with Crippen molar-refractivity contribution in [1.82, 2.24) is 15.1 Å². The van der Waals surface area contributed by atoms with E-state index in [1.54, 1.807) is 12.4 Å². The molecule has 0 saturated heterocycles. The predicted octanol–water partition coefficient (Wildman–Crippen LogP) is 8.89. The molecule has 8 nitrogen and oxygen atoms in total. The van der Waals surface area contributed by atoms with E-state index in [9.17, 15) is 9.90 Å². The Morgan fingerprint density at radius 3 is 2.48 bits per heavy atom. The van der Waals surface area contributed by atoms with Gasteiger partial charge in [0.05, 0.1) is 34.4 Å². The van der Waals surface area contributed by atoms with Crippen molar-refractivity contribution in [1.29, 1.82) is 0 Å². The minimum absolute atomic E-state index is 0.0211. The maximum atomic E-state index is 11.5. The maximum absolute atomic E-state index is 11.5. The van der Waals surface area contributed by atoms with Crippen molar-refractivity contribution >= 4 is 46.2 Å². The number of pyridine rings is 2. The first-order chi connectivity index (χ1) is 21.3. The number of hydrogen-bond acceptors (Lipinski definition) is 7. The van der Waals surface area contributed by atoms with Gasteiger partial charge in [-0.05, 0) is 81.4 Å². The summed E-state index contributed by atoms with van der Waals surface area (Å²) in [5, 5.41) is 15.5. The number of aromatic carboxylic acids is 1. The topological polar surface area (TPSA) is 108 Å². The molecule has 0 atom stereocenters. The molecule has 4 fully saturated rings. The Morgan fingerprint density at radius 2 is 1.82 bits per heavy atom. The minimum Gasteiger partial charge on any atom is -0.493 e. The molecular formula is C34H33Cl2N3O5. The molecule has 0 radical (unpaired) electrons. The molecule has 4 aliphatic rings. The first-order valence-electron chi connectivity index (χ1n) is 15.2. The molecular weight excluding hydrogens is 601 g/mol. The summed E-state index contributed by atoms with van der Waals surface area (Å²) >= 11 is 13.0. The molecule has 3 heterocycles. The molecule has 4 aliphatic carbocycles. The number of ether oxygens (including phenoxy) is 2. The second kappa shape index (κ2) is 11.5. The maximum Gasteiger partial charge on any atom is 0.354 e. The Bertz CT molecular complexity index is 1740. The molecule has 0 amide bonds. The lowest BCUT2D eigenvalue weighted by Crippen LogP contribution is -2.46. The van der Waals surface area contributed by atoms with E-state index >= 15 is 0 Å². The molecule has 4 aromatic rings. The number of halogens is 2. The van der Waals surface area contributed by atoms with E-state index < -0.39 is 5.97 Å². The number of carboxylic acids is 1. The smallest absolute Gasteiger partial charge is 0.354 e. The summed E-state index contributed by atoms with van der Waals surface area (Å²) in [4.78, 5) is 19.9. The van der Waals surface area contributed by atoms with Crippen molar-refractivity contribution in [2.45, 2.75) is 76.4 Å². The highest BCUT2D eigenvalue weighted by atomic mass is 35.5. The van der Waals surface area contributed by atoms with Crippen LogP contribution >= 0.6 is 23.2 Å². The number of allylic oxidation sites excluding steroid dienone is 1. The summed E-state index contributed by atoms with van der Waals surface area (Å²) in [6.07, 6.45) is 16.0. The van der Waals surface area contributed by atoms with E-state index in [1.807, 2.05) is 25.1 Å². The van der Waals surface area contributed by atoms with E-state index in [0.717, 1.165) is 73.6 Å². The molecule has 228 valence electrons. The average Bonchev–Trinajstić information content (AvgIpc) is 3.80. The average molecular weight is 635 g/mol. The zero-order valence-corrected chi connectivity index (χ0v) is 26.0. The minimum atomic E-state index is -1.07. The van der Waals surface area contributed by atoms with E-state index in [4.69, 9.17) is 37.2 Å². The second-order valence-electron chi connectivity index (χ2n) is 12.3. The lowest BCUT2D eigenvalue weighted by molar-refractivity contribution is -0.133. The molecule has 10 heteroatoms. The Morgan fingerprint density at radius 1 is 1.09 bits per heavy atom. The van der Waals surface area contributed by atoms with E-state index in [1.165, 1.54) is 6.07 Å². The highest BCUT2D eigenvalue weighted by Gasteiger charge is 2.48. The summed E-state index contributed by atoms with van der Waals surface area (Å²) in [7, 11) is 0. The Balaban J connectivity index is 1.07. The van der Waals surface area contributed by atoms with Crippen LogP contribution in [0.15, 0.2) is 47.3 Å². The molecule has 0 unspecified atom stereocenters. The standard InChI is InChI=1S/C34H33Cl2N3O5/c1-2-42-28-16-27(32(40)41)38-26-6-3-20(15-22(26)28)7-8-33-9-12-34(13-10-33,14-11-33)43-19-23-30(39-44-31(23)21-4-5-21)29-24(35)17-37-18-25(29)36/h3,6-8,15-18,21H,2,4-5,9-14,19H2,1H3,(H,40,41)/b8-7+. The number of carbonyl (C=O) groups is 1. The molecule has 1 aromatic carbocycles. The lowest BCUT2D eigenvalue weighted by atomic mass is 9.58. The van der Waals surface area contributed by atoms with Crippen molar-refractivity contribution < 1.29 is 23.9 Å². The van der Waals surface area contributed by atoms with Gasteiger partial charge in [0.25, 0.3) is 0 Å². The van der Waals surface area contributed by atoms with E-state index in [0.29, 0.717) is 51.7 Å². The van der Waals surface area contributed by atoms with Crippen LogP contribution in [-0.2, 0) is 11.3 Å². The van der Waals surface area contributed by atoms with Crippen LogP contribution in [0.5, 0.6) is 5.75 Å². The van der Waals surface area contributed by atoms with Gasteiger partial charge in [-0.2, -0.15) is 0 Å². The van der Waals surface area contributed by atoms with Crippen LogP contribution in [0.3, 0.4) is 0 Å². The van der Waals surface area contributed by atoms with Gasteiger partial charge in [0.15, 0.2) is 5.69 Å². The number of carboxylic acid groups (broad SMARTS) is 1. The third-order valence-electron chi connectivity index (χ3n) is 9.56. The number of rotatable bonds is 10. The number of hydrogen-bond donors (Lipinski definition) is 1. The van der Waals surface area contributed by atoms with Gasteiger partial charge in [-0.3, -0.25) is 4.98 Å². The van der Waals surface area contributed by atoms with Crippen molar-refractivity contribution in [3.05, 3.63) is 75.4 Å². The first-order valence-corrected chi connectivity index (χ1v) is 16.0. The van der Waals surface area contributed by atoms with Crippen LogP contribution in [0.1, 0.15) is 91.6 Å². The SMILES string of the molecule is CCOc1cc(C(=O)O)nc2ccc(/C=C/C34CCC(OCc5c(-c6c(Cl)cncc6Cl)noc5C5CC5)(CC3)CC4)cc12. The fourth-order valence-electron chi connectivity index (χ4n) is 6.81. The summed E-state index contributed by atoms with van der Waals surface area (Å²) < 4.78 is 18.4. The fraction of sp³-hybridized carbons (Fsp3) is 0.412. The van der Waals surface area contributed by atoms with Crippen LogP contribution in [-0.4, -0.2) is 38.4 Å². The molecule has 2 bridgehead atoms. The molecule has 3 aromatic heterocycles. The van der Waals surface area contributed by atoms with Gasteiger partial charge < -0.3 is 19.1 Å². The third kappa shape index (κ3) is 5.48. The molecule has 44 heavy (non-hydrogen) atoms. The molecule has 0 spiro atoms. The summed E-state index contributed by atoms with van der Waals surface area (Å²) in [5.74, 6) is 0.728. The molecule has 8 rings (SSSR count). The van der Waals surface area contributed by atoms with Gasteiger partial charge in [0, 0.05) is 40.9 Å². The van der Waals surface area contributed by atoms with Gasteiger partial charge in [-0.1, -0.05) is 46.6 Å². The van der Waals surface area contributed by atoms with Crippen LogP contribution in [0, 0.1) is 5.41 Å². The van der Waals surface area contributed by atoms with Crippen LogP contribution in [0.2, 0.25) is 10.0 Å². The predicted molar refractivity (Wildman–Crippen MR) is 168 cm³/mol. The van der Waals surface area contributed by atoms with Crippen molar-refractivity contribution in [3.63, 3.8) is 0 Å². The van der Waals surface area contributed by atoms with Gasteiger partial charge >= 0.3 is 5.97 Å². The third-order valence-corrected chi connectivity index (χ3v) is 10.1. The van der Waals surface area contributed by atoms with E-state index in [2.05, 4.69) is 27.3 Å². The van der Waals surface area contributed by atoms with Gasteiger partial charge in [-0.25, -0.2) is 9.78 Å². The van der Waals surface area contributed by atoms with Crippen molar-refractivity contribution in [2.75, 3.05) is 6.61 Å². The number of nitrogens with zero attached hydrogens (tertiary/aromatic N) is 3. The first kappa shape index (κ1) is 29.3. The number of aromatic nitrogens is 3.